The number of carbonyl (C=O) groups excluding carboxylic acids is 3. The molecule has 0 aromatic carbocycles. The van der Waals surface area contributed by atoms with E-state index in [0.29, 0.717) is 19.5 Å². The van der Waals surface area contributed by atoms with Crippen LogP contribution in [0.2, 0.25) is 0 Å². The van der Waals surface area contributed by atoms with Gasteiger partial charge in [0, 0.05) is 13.1 Å². The molecule has 1 saturated heterocycles. The molecule has 0 aliphatic carbocycles. The number of amides is 2. The molecule has 2 amide bonds. The van der Waals surface area contributed by atoms with E-state index in [2.05, 4.69) is 5.32 Å². The molecule has 0 saturated carbocycles. The van der Waals surface area contributed by atoms with E-state index >= 15 is 0 Å². The van der Waals surface area contributed by atoms with Crippen LogP contribution in [0.25, 0.3) is 0 Å². The Morgan fingerprint density at radius 3 is 2.60 bits per heavy atom. The Morgan fingerprint density at radius 2 is 2.05 bits per heavy atom. The Balaban J connectivity index is 2.92. The zero-order valence-electron chi connectivity index (χ0n) is 12.7. The van der Waals surface area contributed by atoms with Crippen molar-refractivity contribution in [1.29, 1.82) is 0 Å². The van der Waals surface area contributed by atoms with E-state index in [4.69, 9.17) is 4.74 Å². The zero-order chi connectivity index (χ0) is 15.3. The van der Waals surface area contributed by atoms with Crippen molar-refractivity contribution in [2.45, 2.75) is 34.1 Å². The molecule has 0 aromatic rings. The molecular weight excluding hydrogens is 260 g/mol. The largest absolute Gasteiger partial charge is 0.465 e. The molecule has 1 aliphatic heterocycles. The first-order chi connectivity index (χ1) is 9.27. The van der Waals surface area contributed by atoms with Crippen molar-refractivity contribution in [3.05, 3.63) is 0 Å². The lowest BCUT2D eigenvalue weighted by Crippen LogP contribution is -2.47. The van der Waals surface area contributed by atoms with Crippen LogP contribution in [0, 0.1) is 11.3 Å². The van der Waals surface area contributed by atoms with Gasteiger partial charge in [-0.1, -0.05) is 20.8 Å². The lowest BCUT2D eigenvalue weighted by atomic mass is 9.79. The van der Waals surface area contributed by atoms with Crippen molar-refractivity contribution in [2.24, 2.45) is 11.3 Å². The number of carbonyl (C=O) groups is 3. The van der Waals surface area contributed by atoms with Gasteiger partial charge in [0.25, 0.3) is 0 Å². The molecule has 6 nitrogen and oxygen atoms in total. The van der Waals surface area contributed by atoms with Gasteiger partial charge in [0.15, 0.2) is 0 Å². The van der Waals surface area contributed by atoms with Crippen molar-refractivity contribution in [2.75, 3.05) is 26.2 Å². The van der Waals surface area contributed by atoms with Gasteiger partial charge in [-0.05, 0) is 18.8 Å². The normalized spacial score (nSPS) is 18.0. The molecule has 0 radical (unpaired) electrons. The Hall–Kier alpha value is -1.59. The second kappa shape index (κ2) is 6.72. The number of hydrogen-bond acceptors (Lipinski definition) is 4. The molecule has 0 bridgehead atoms. The molecule has 1 unspecified atom stereocenters. The average molecular weight is 284 g/mol. The van der Waals surface area contributed by atoms with Crippen molar-refractivity contribution in [1.82, 2.24) is 10.2 Å². The third-order valence-electron chi connectivity index (χ3n) is 3.21. The first-order valence-electron chi connectivity index (χ1n) is 6.99. The predicted molar refractivity (Wildman–Crippen MR) is 73.8 cm³/mol. The summed E-state index contributed by atoms with van der Waals surface area (Å²) in [6.45, 7) is 8.45. The van der Waals surface area contributed by atoms with Gasteiger partial charge < -0.3 is 15.0 Å². The highest BCUT2D eigenvalue weighted by molar-refractivity contribution is 6.00. The minimum Gasteiger partial charge on any atom is -0.465 e. The summed E-state index contributed by atoms with van der Waals surface area (Å²) < 4.78 is 5.01. The summed E-state index contributed by atoms with van der Waals surface area (Å²) in [6.07, 6.45) is 0.692. The molecular formula is C14H24N2O4. The Labute approximate surface area is 119 Å². The van der Waals surface area contributed by atoms with Crippen LogP contribution in [-0.2, 0) is 19.1 Å². The van der Waals surface area contributed by atoms with Crippen LogP contribution in [0.1, 0.15) is 34.1 Å². The lowest BCUT2D eigenvalue weighted by molar-refractivity contribution is -0.161. The highest BCUT2D eigenvalue weighted by Crippen LogP contribution is 2.29. The van der Waals surface area contributed by atoms with E-state index in [1.807, 2.05) is 20.8 Å². The van der Waals surface area contributed by atoms with Gasteiger partial charge >= 0.3 is 5.97 Å². The summed E-state index contributed by atoms with van der Waals surface area (Å²) in [6, 6.07) is 0. The maximum Gasteiger partial charge on any atom is 0.319 e. The number of rotatable bonds is 3. The van der Waals surface area contributed by atoms with E-state index in [1.54, 1.807) is 6.92 Å². The fourth-order valence-corrected chi connectivity index (χ4v) is 2.23. The molecule has 0 aromatic heterocycles. The molecule has 6 heteroatoms. The monoisotopic (exact) mass is 284 g/mol. The number of nitrogens with zero attached hydrogens (tertiary/aromatic N) is 1. The van der Waals surface area contributed by atoms with Gasteiger partial charge in [0.05, 0.1) is 13.2 Å². The van der Waals surface area contributed by atoms with E-state index in [-0.39, 0.29) is 25.0 Å². The molecule has 1 N–H and O–H groups in total. The summed E-state index contributed by atoms with van der Waals surface area (Å²) in [4.78, 5) is 37.7. The maximum atomic E-state index is 12.6. The minimum atomic E-state index is -0.881. The van der Waals surface area contributed by atoms with Crippen molar-refractivity contribution in [3.8, 4) is 0 Å². The number of nitrogens with one attached hydrogen (secondary N) is 1. The summed E-state index contributed by atoms with van der Waals surface area (Å²) >= 11 is 0. The maximum absolute atomic E-state index is 12.6. The van der Waals surface area contributed by atoms with Crippen molar-refractivity contribution < 1.29 is 19.1 Å². The van der Waals surface area contributed by atoms with Crippen LogP contribution in [0.3, 0.4) is 0 Å². The van der Waals surface area contributed by atoms with Crippen LogP contribution in [0.4, 0.5) is 0 Å². The lowest BCUT2D eigenvalue weighted by Gasteiger charge is -2.32. The van der Waals surface area contributed by atoms with Crippen LogP contribution in [-0.4, -0.2) is 48.9 Å². The quantitative estimate of drug-likeness (QED) is 0.607. The summed E-state index contributed by atoms with van der Waals surface area (Å²) in [5.74, 6) is -1.91. The summed E-state index contributed by atoms with van der Waals surface area (Å²) in [5, 5.41) is 2.71. The highest BCUT2D eigenvalue weighted by atomic mass is 16.5. The molecule has 1 rings (SSSR count). The van der Waals surface area contributed by atoms with Crippen LogP contribution < -0.4 is 5.32 Å². The molecule has 1 aliphatic rings. The third-order valence-corrected chi connectivity index (χ3v) is 3.21. The summed E-state index contributed by atoms with van der Waals surface area (Å²) in [7, 11) is 0. The fraction of sp³-hybridized carbons (Fsp3) is 0.786. The van der Waals surface area contributed by atoms with Crippen LogP contribution in [0.15, 0.2) is 0 Å². The molecule has 1 atom stereocenters. The summed E-state index contributed by atoms with van der Waals surface area (Å²) in [5.41, 5.74) is -0.549. The molecule has 0 spiro atoms. The Morgan fingerprint density at radius 1 is 1.40 bits per heavy atom. The van der Waals surface area contributed by atoms with Crippen LogP contribution in [0.5, 0.6) is 0 Å². The SMILES string of the molecule is CCOC(=O)C(C(=O)N1CCCNC(=O)C1)C(C)(C)C. The second-order valence-electron chi connectivity index (χ2n) is 6.01. The van der Waals surface area contributed by atoms with Gasteiger partial charge in [-0.2, -0.15) is 0 Å². The van der Waals surface area contributed by atoms with Crippen molar-refractivity contribution >= 4 is 17.8 Å². The van der Waals surface area contributed by atoms with Gasteiger partial charge in [-0.3, -0.25) is 14.4 Å². The van der Waals surface area contributed by atoms with E-state index < -0.39 is 17.3 Å². The van der Waals surface area contributed by atoms with Gasteiger partial charge in [-0.25, -0.2) is 0 Å². The van der Waals surface area contributed by atoms with E-state index in [9.17, 15) is 14.4 Å². The smallest absolute Gasteiger partial charge is 0.319 e. The van der Waals surface area contributed by atoms with E-state index in [1.165, 1.54) is 4.90 Å². The number of hydrogen-bond donors (Lipinski definition) is 1. The van der Waals surface area contributed by atoms with Gasteiger partial charge in [-0.15, -0.1) is 0 Å². The predicted octanol–water partition coefficient (Wildman–Crippen LogP) is 0.560. The second-order valence-corrected chi connectivity index (χ2v) is 6.01. The van der Waals surface area contributed by atoms with Crippen molar-refractivity contribution in [3.63, 3.8) is 0 Å². The zero-order valence-corrected chi connectivity index (χ0v) is 12.7. The number of esters is 1. The topological polar surface area (TPSA) is 75.7 Å². The fourth-order valence-electron chi connectivity index (χ4n) is 2.23. The molecule has 20 heavy (non-hydrogen) atoms. The van der Waals surface area contributed by atoms with Gasteiger partial charge in [0.2, 0.25) is 11.8 Å². The van der Waals surface area contributed by atoms with Crippen LogP contribution >= 0.6 is 0 Å². The highest BCUT2D eigenvalue weighted by Gasteiger charge is 2.41. The Bertz CT molecular complexity index is 387. The minimum absolute atomic E-state index is 0.00478. The first kappa shape index (κ1) is 16.5. The first-order valence-corrected chi connectivity index (χ1v) is 6.99. The van der Waals surface area contributed by atoms with E-state index in [0.717, 1.165) is 0 Å². The molecule has 1 heterocycles. The standard InChI is InChI=1S/C14H24N2O4/c1-5-20-13(19)11(14(2,3)4)12(18)16-8-6-7-15-10(17)9-16/h11H,5-9H2,1-4H3,(H,15,17). The molecule has 1 fully saturated rings. The number of ether oxygens (including phenoxy) is 1. The third kappa shape index (κ3) is 4.21. The molecule has 114 valence electrons. The van der Waals surface area contributed by atoms with Gasteiger partial charge in [0.1, 0.15) is 5.92 Å². The Kier molecular flexibility index (Phi) is 5.53. The average Bonchev–Trinajstić information content (AvgIpc) is 2.52.